The molecule has 4 rings (SSSR count). The van der Waals surface area contributed by atoms with Crippen LogP contribution >= 0.6 is 0 Å². The highest BCUT2D eigenvalue weighted by atomic mass is 16.1. The van der Waals surface area contributed by atoms with Gasteiger partial charge < -0.3 is 5.32 Å². The Morgan fingerprint density at radius 1 is 1.15 bits per heavy atom. The second-order valence-corrected chi connectivity index (χ2v) is 6.23. The molecule has 1 amide bonds. The number of anilines is 1. The first kappa shape index (κ1) is 16.2. The fraction of sp³-hybridized carbons (Fsp3) is 0.200. The summed E-state index contributed by atoms with van der Waals surface area (Å²) >= 11 is 0. The first-order valence-electron chi connectivity index (χ1n) is 8.81. The number of carbonyl (C=O) groups excluding carboxylic acids is 1. The van der Waals surface area contributed by atoms with Crippen LogP contribution in [0.15, 0.2) is 48.8 Å². The third kappa shape index (κ3) is 3.01. The molecule has 4 aromatic rings. The number of amides is 1. The van der Waals surface area contributed by atoms with Crippen LogP contribution in [0.2, 0.25) is 0 Å². The molecule has 6 nitrogen and oxygen atoms in total. The summed E-state index contributed by atoms with van der Waals surface area (Å²) in [6, 6.07) is 13.6. The van der Waals surface area contributed by atoms with Crippen LogP contribution in [0.5, 0.6) is 0 Å². The van der Waals surface area contributed by atoms with E-state index in [1.165, 1.54) is 0 Å². The van der Waals surface area contributed by atoms with Gasteiger partial charge in [0.2, 0.25) is 11.3 Å². The Morgan fingerprint density at radius 3 is 2.88 bits per heavy atom. The molecule has 2 heterocycles. The number of aromatic nitrogens is 4. The number of hydrogen-bond acceptors (Lipinski definition) is 3. The molecule has 0 atom stereocenters. The Labute approximate surface area is 150 Å². The molecule has 130 valence electrons. The number of rotatable bonds is 5. The van der Waals surface area contributed by atoms with Gasteiger partial charge in [0.25, 0.3) is 5.91 Å². The van der Waals surface area contributed by atoms with Crippen molar-refractivity contribution in [3.05, 3.63) is 60.2 Å². The van der Waals surface area contributed by atoms with Gasteiger partial charge in [-0.25, -0.2) is 4.98 Å². The molecule has 3 N–H and O–H groups in total. The van der Waals surface area contributed by atoms with Crippen LogP contribution in [-0.2, 0) is 6.42 Å². The second-order valence-electron chi connectivity index (χ2n) is 6.23. The summed E-state index contributed by atoms with van der Waals surface area (Å²) in [7, 11) is 0. The summed E-state index contributed by atoms with van der Waals surface area (Å²) in [6.45, 7) is 2.13. The number of fused-ring (bicyclic) bond motifs is 2. The van der Waals surface area contributed by atoms with Crippen LogP contribution in [0.4, 0.5) is 5.82 Å². The number of benzene rings is 2. The molecule has 0 aliphatic rings. The normalized spacial score (nSPS) is 11.1. The van der Waals surface area contributed by atoms with Crippen molar-refractivity contribution in [2.24, 2.45) is 0 Å². The van der Waals surface area contributed by atoms with Gasteiger partial charge in [0.1, 0.15) is 0 Å². The van der Waals surface area contributed by atoms with E-state index in [1.54, 1.807) is 6.33 Å². The minimum atomic E-state index is -0.183. The monoisotopic (exact) mass is 346 g/mol. The van der Waals surface area contributed by atoms with Crippen molar-refractivity contribution in [1.82, 2.24) is 15.0 Å². The number of unbranched alkanes of at least 4 members (excludes halogenated alkanes) is 1. The Bertz CT molecular complexity index is 1080. The smallest absolute Gasteiger partial charge is 0.303 e. The molecule has 0 fully saturated rings. The van der Waals surface area contributed by atoms with Crippen LogP contribution in [-0.4, -0.2) is 20.9 Å². The van der Waals surface area contributed by atoms with Crippen LogP contribution in [0.3, 0.4) is 0 Å². The summed E-state index contributed by atoms with van der Waals surface area (Å²) < 4.78 is 0. The number of aromatic amines is 2. The molecule has 2 aromatic heterocycles. The lowest BCUT2D eigenvalue weighted by Crippen LogP contribution is -2.15. The highest BCUT2D eigenvalue weighted by Gasteiger charge is 2.19. The number of imidazole rings is 1. The Kier molecular flexibility index (Phi) is 4.31. The fourth-order valence-electron chi connectivity index (χ4n) is 3.06. The van der Waals surface area contributed by atoms with Crippen LogP contribution in [0, 0.1) is 0 Å². The lowest BCUT2D eigenvalue weighted by atomic mass is 10.0. The van der Waals surface area contributed by atoms with E-state index < -0.39 is 0 Å². The van der Waals surface area contributed by atoms with Gasteiger partial charge in [-0.1, -0.05) is 54.7 Å². The maximum absolute atomic E-state index is 12.9. The van der Waals surface area contributed by atoms with Gasteiger partial charge in [-0.3, -0.25) is 9.78 Å². The lowest BCUT2D eigenvalue weighted by molar-refractivity contribution is -0.347. The van der Waals surface area contributed by atoms with Crippen molar-refractivity contribution in [2.45, 2.75) is 26.2 Å². The fourth-order valence-corrected chi connectivity index (χ4v) is 3.06. The molecule has 0 aliphatic heterocycles. The van der Waals surface area contributed by atoms with E-state index in [0.717, 1.165) is 35.9 Å². The van der Waals surface area contributed by atoms with Gasteiger partial charge >= 0.3 is 5.65 Å². The lowest BCUT2D eigenvalue weighted by Gasteiger charge is -2.08. The van der Waals surface area contributed by atoms with Crippen molar-refractivity contribution >= 4 is 33.7 Å². The van der Waals surface area contributed by atoms with E-state index in [4.69, 9.17) is 0 Å². The highest BCUT2D eigenvalue weighted by Crippen LogP contribution is 2.21. The van der Waals surface area contributed by atoms with Gasteiger partial charge in [-0.05, 0) is 23.3 Å². The van der Waals surface area contributed by atoms with Crippen molar-refractivity contribution in [2.75, 3.05) is 5.32 Å². The van der Waals surface area contributed by atoms with Crippen molar-refractivity contribution in [1.29, 1.82) is 0 Å². The van der Waals surface area contributed by atoms with E-state index in [0.29, 0.717) is 22.5 Å². The quantitative estimate of drug-likeness (QED) is 0.580. The van der Waals surface area contributed by atoms with Gasteiger partial charge in [0.05, 0.1) is 0 Å². The van der Waals surface area contributed by atoms with Crippen LogP contribution < -0.4 is 10.3 Å². The van der Waals surface area contributed by atoms with E-state index >= 15 is 0 Å². The predicted molar refractivity (Wildman–Crippen MR) is 101 cm³/mol. The van der Waals surface area contributed by atoms with Crippen molar-refractivity contribution in [3.63, 3.8) is 0 Å². The molecule has 0 radical (unpaired) electrons. The van der Waals surface area contributed by atoms with E-state index in [-0.39, 0.29) is 5.91 Å². The average Bonchev–Trinajstić information content (AvgIpc) is 3.14. The molecule has 0 spiro atoms. The maximum Gasteiger partial charge on any atom is 0.305 e. The minimum Gasteiger partial charge on any atom is -0.303 e. The summed E-state index contributed by atoms with van der Waals surface area (Å²) in [5.41, 5.74) is 2.01. The maximum atomic E-state index is 12.9. The molecule has 0 aliphatic carbocycles. The minimum absolute atomic E-state index is 0.183. The van der Waals surface area contributed by atoms with Gasteiger partial charge in [0, 0.05) is 12.0 Å². The summed E-state index contributed by atoms with van der Waals surface area (Å²) in [6.07, 6.45) is 4.54. The van der Waals surface area contributed by atoms with E-state index in [1.807, 2.05) is 42.5 Å². The average molecular weight is 346 g/mol. The van der Waals surface area contributed by atoms with Crippen LogP contribution in [0.1, 0.15) is 35.9 Å². The third-order valence-corrected chi connectivity index (χ3v) is 4.40. The predicted octanol–water partition coefficient (Wildman–Crippen LogP) is 3.52. The van der Waals surface area contributed by atoms with E-state index in [9.17, 15) is 4.79 Å². The first-order chi connectivity index (χ1) is 12.8. The molecular formula is C20H20N5O+. The summed E-state index contributed by atoms with van der Waals surface area (Å²) in [4.78, 5) is 28.1. The first-order valence-corrected chi connectivity index (χ1v) is 8.81. The zero-order chi connectivity index (χ0) is 17.9. The van der Waals surface area contributed by atoms with Gasteiger partial charge in [-0.15, -0.1) is 0 Å². The molecule has 26 heavy (non-hydrogen) atoms. The SMILES string of the molecule is CCCCc1nc(NC(=O)c2cccc3ccccc23)c2[nH]c[nH+]c2n1. The zero-order valence-corrected chi connectivity index (χ0v) is 14.5. The largest absolute Gasteiger partial charge is 0.305 e. The van der Waals surface area contributed by atoms with Gasteiger partial charge in [0.15, 0.2) is 12.1 Å². The Hall–Kier alpha value is -3.28. The number of carbonyl (C=O) groups is 1. The number of H-pyrrole nitrogens is 2. The summed E-state index contributed by atoms with van der Waals surface area (Å²) in [5, 5.41) is 4.91. The number of hydrogen-bond donors (Lipinski definition) is 2. The van der Waals surface area contributed by atoms with Crippen molar-refractivity contribution in [3.8, 4) is 0 Å². The molecule has 6 heteroatoms. The Morgan fingerprint density at radius 2 is 2.00 bits per heavy atom. The standard InChI is InChI=1S/C20H19N5O/c1-2-3-11-16-23-18-17(21-12-22-18)19(24-16)25-20(26)15-10-6-8-13-7-4-5-9-14(13)15/h4-10,12H,2-3,11H2,1H3,(H2,21,22,23,24,25,26)/p+1. The molecular weight excluding hydrogens is 326 g/mol. The third-order valence-electron chi connectivity index (χ3n) is 4.40. The number of nitrogens with one attached hydrogen (secondary N) is 3. The summed E-state index contributed by atoms with van der Waals surface area (Å²) in [5.74, 6) is 1.04. The zero-order valence-electron chi connectivity index (χ0n) is 14.5. The molecule has 2 aromatic carbocycles. The molecule has 0 bridgehead atoms. The van der Waals surface area contributed by atoms with Gasteiger partial charge in [-0.2, -0.15) is 4.98 Å². The number of aryl methyl sites for hydroxylation is 1. The van der Waals surface area contributed by atoms with E-state index in [2.05, 4.69) is 32.2 Å². The Balaban J connectivity index is 1.72. The number of nitrogens with zero attached hydrogens (tertiary/aromatic N) is 2. The van der Waals surface area contributed by atoms with Crippen LogP contribution in [0.25, 0.3) is 21.9 Å². The molecule has 0 saturated heterocycles. The highest BCUT2D eigenvalue weighted by molar-refractivity contribution is 6.14. The van der Waals surface area contributed by atoms with Crippen molar-refractivity contribution < 1.29 is 9.78 Å². The topological polar surface area (TPSA) is 84.8 Å². The second kappa shape index (κ2) is 6.92. The molecule has 0 unspecified atom stereocenters. The molecule has 0 saturated carbocycles.